The van der Waals surface area contributed by atoms with E-state index in [1.54, 1.807) is 0 Å². The van der Waals surface area contributed by atoms with E-state index in [2.05, 4.69) is 6.92 Å². The Morgan fingerprint density at radius 1 is 0.958 bits per heavy atom. The molecule has 0 amide bonds. The van der Waals surface area contributed by atoms with Crippen LogP contribution in [0.25, 0.3) is 0 Å². The molecule has 12 heteroatoms. The number of unbranched alkanes of at least 4 members (excludes halogenated alkanes) is 1. The van der Waals surface area contributed by atoms with Gasteiger partial charge in [0, 0.05) is 5.97 Å². The Bertz CT molecular complexity index is 399. The van der Waals surface area contributed by atoms with Crippen LogP contribution >= 0.6 is 0 Å². The maximum atomic E-state index is 11.7. The van der Waals surface area contributed by atoms with Gasteiger partial charge in [0.25, 0.3) is 0 Å². The van der Waals surface area contributed by atoms with Gasteiger partial charge in [0.15, 0.2) is 0 Å². The first-order valence-electron chi connectivity index (χ1n) is 6.41. The van der Waals surface area contributed by atoms with E-state index >= 15 is 0 Å². The summed E-state index contributed by atoms with van der Waals surface area (Å²) in [4.78, 5) is 19.6. The van der Waals surface area contributed by atoms with Crippen molar-refractivity contribution in [3.8, 4) is 0 Å². The number of aliphatic carboxylic acids is 2. The van der Waals surface area contributed by atoms with Gasteiger partial charge < -0.3 is 19.8 Å². The third-order valence-electron chi connectivity index (χ3n) is 2.74. The van der Waals surface area contributed by atoms with E-state index in [9.17, 15) is 50.5 Å². The minimum atomic E-state index is -6.64. The molecule has 0 aliphatic carbocycles. The first kappa shape index (κ1) is 27.8. The second-order valence-electron chi connectivity index (χ2n) is 4.50. The standard InChI is InChI=1S/C8H16O2.C4HF7O2.Ni/c1-3-5-6-7(4-2)8(9)10;5-2(6,1(12)13)3(7,8)4(9,10)11;/h7H,3-6H2,1-2H3,(H,9,10);(H,12,13);/q;;+2/p-2. The molecule has 146 valence electrons. The van der Waals surface area contributed by atoms with E-state index in [-0.39, 0.29) is 22.4 Å². The Kier molecular flexibility index (Phi) is 12.4. The van der Waals surface area contributed by atoms with Gasteiger partial charge in [-0.15, -0.1) is 0 Å². The largest absolute Gasteiger partial charge is 2.00 e. The molecule has 0 bridgehead atoms. The molecule has 0 heterocycles. The first-order valence-corrected chi connectivity index (χ1v) is 6.41. The van der Waals surface area contributed by atoms with Crippen molar-refractivity contribution in [1.29, 1.82) is 0 Å². The second kappa shape index (κ2) is 10.7. The van der Waals surface area contributed by atoms with E-state index < -0.39 is 30.0 Å². The molecule has 0 aromatic carbocycles. The molecule has 0 saturated heterocycles. The molecule has 0 aromatic heterocycles. The molecule has 0 aliphatic rings. The van der Waals surface area contributed by atoms with Gasteiger partial charge in [0.1, 0.15) is 5.97 Å². The molecular formula is C12H15F7NiO4. The van der Waals surface area contributed by atoms with Gasteiger partial charge in [0.05, 0.1) is 0 Å². The van der Waals surface area contributed by atoms with Crippen molar-refractivity contribution in [2.75, 3.05) is 0 Å². The van der Waals surface area contributed by atoms with Crippen LogP contribution in [0.4, 0.5) is 30.7 Å². The van der Waals surface area contributed by atoms with Crippen molar-refractivity contribution in [3.05, 3.63) is 0 Å². The molecule has 4 nitrogen and oxygen atoms in total. The zero-order valence-corrected chi connectivity index (χ0v) is 13.5. The van der Waals surface area contributed by atoms with Crippen LogP contribution in [-0.2, 0) is 26.1 Å². The van der Waals surface area contributed by atoms with E-state index in [1.807, 2.05) is 6.92 Å². The first-order chi connectivity index (χ1) is 10.2. The van der Waals surface area contributed by atoms with Gasteiger partial charge in [-0.1, -0.05) is 26.7 Å². The number of carbonyl (C=O) groups excluding carboxylic acids is 2. The van der Waals surface area contributed by atoms with Crippen LogP contribution in [0.5, 0.6) is 0 Å². The number of carboxylic acids is 2. The number of alkyl halides is 7. The fourth-order valence-electron chi connectivity index (χ4n) is 1.25. The third-order valence-corrected chi connectivity index (χ3v) is 2.74. The summed E-state index contributed by atoms with van der Waals surface area (Å²) in [6.45, 7) is 3.94. The smallest absolute Gasteiger partial charge is 0.550 e. The summed E-state index contributed by atoms with van der Waals surface area (Å²) in [6, 6.07) is 0. The number of hydrogen-bond acceptors (Lipinski definition) is 4. The number of carboxylic acid groups (broad SMARTS) is 2. The summed E-state index contributed by atoms with van der Waals surface area (Å²) in [5.41, 5.74) is 0. The van der Waals surface area contributed by atoms with Crippen LogP contribution in [0, 0.1) is 5.92 Å². The number of halogens is 7. The van der Waals surface area contributed by atoms with Crippen LogP contribution < -0.4 is 10.2 Å². The quantitative estimate of drug-likeness (QED) is 0.467. The normalized spacial score (nSPS) is 13.2. The van der Waals surface area contributed by atoms with Gasteiger partial charge >= 0.3 is 34.5 Å². The van der Waals surface area contributed by atoms with Crippen molar-refractivity contribution in [2.24, 2.45) is 5.92 Å². The Balaban J connectivity index is -0.000000364. The molecule has 1 unspecified atom stereocenters. The Labute approximate surface area is 143 Å². The number of carbonyl (C=O) groups is 2. The van der Waals surface area contributed by atoms with E-state index in [4.69, 9.17) is 0 Å². The van der Waals surface area contributed by atoms with Crippen LogP contribution in [0.1, 0.15) is 39.5 Å². The Morgan fingerprint density at radius 2 is 1.38 bits per heavy atom. The Hall–Kier alpha value is -1.06. The number of rotatable bonds is 7. The van der Waals surface area contributed by atoms with Crippen LogP contribution in [0.3, 0.4) is 0 Å². The fourth-order valence-corrected chi connectivity index (χ4v) is 1.25. The minimum absolute atomic E-state index is 0. The van der Waals surface area contributed by atoms with Crippen LogP contribution in [0.15, 0.2) is 0 Å². The third kappa shape index (κ3) is 7.68. The predicted molar refractivity (Wildman–Crippen MR) is 59.3 cm³/mol. The molecule has 1 atom stereocenters. The SMILES string of the molecule is CCCCC(CC)C(=O)[O-].O=C([O-])C(F)(F)C(F)(F)C(F)(F)F.[Ni+2]. The fraction of sp³-hybridized carbons (Fsp3) is 0.833. The Morgan fingerprint density at radius 3 is 1.54 bits per heavy atom. The molecule has 0 radical (unpaired) electrons. The van der Waals surface area contributed by atoms with Crippen molar-refractivity contribution < 1.29 is 67.0 Å². The zero-order chi connectivity index (χ0) is 19.1. The van der Waals surface area contributed by atoms with Gasteiger partial charge in [0.2, 0.25) is 0 Å². The molecule has 0 spiro atoms. The number of hydrogen-bond donors (Lipinski definition) is 0. The molecule has 0 aromatic rings. The summed E-state index contributed by atoms with van der Waals surface area (Å²) >= 11 is 0. The summed E-state index contributed by atoms with van der Waals surface area (Å²) in [5, 5.41) is 19.6. The monoisotopic (exact) mass is 414 g/mol. The molecule has 0 rings (SSSR count). The average Bonchev–Trinajstić information content (AvgIpc) is 2.38. The van der Waals surface area contributed by atoms with Crippen LogP contribution in [0.2, 0.25) is 0 Å². The van der Waals surface area contributed by atoms with Crippen LogP contribution in [-0.4, -0.2) is 30.0 Å². The summed E-state index contributed by atoms with van der Waals surface area (Å²) < 4.78 is 80.2. The van der Waals surface area contributed by atoms with Gasteiger partial charge in [-0.2, -0.15) is 30.7 Å². The van der Waals surface area contributed by atoms with Crippen molar-refractivity contribution >= 4 is 11.9 Å². The molecule has 0 N–H and O–H groups in total. The predicted octanol–water partition coefficient (Wildman–Crippen LogP) is 1.52. The van der Waals surface area contributed by atoms with Gasteiger partial charge in [-0.3, -0.25) is 0 Å². The summed E-state index contributed by atoms with van der Waals surface area (Å²) in [5.74, 6) is -17.8. The molecule has 24 heavy (non-hydrogen) atoms. The zero-order valence-electron chi connectivity index (χ0n) is 12.5. The van der Waals surface area contributed by atoms with E-state index in [1.165, 1.54) is 0 Å². The molecule has 0 fully saturated rings. The van der Waals surface area contributed by atoms with E-state index in [0.717, 1.165) is 19.3 Å². The second-order valence-corrected chi connectivity index (χ2v) is 4.50. The minimum Gasteiger partial charge on any atom is -0.550 e. The van der Waals surface area contributed by atoms with Gasteiger partial charge in [-0.25, -0.2) is 0 Å². The summed E-state index contributed by atoms with van der Waals surface area (Å²) in [7, 11) is 0. The van der Waals surface area contributed by atoms with Crippen molar-refractivity contribution in [2.45, 2.75) is 57.6 Å². The molecule has 0 aliphatic heterocycles. The van der Waals surface area contributed by atoms with Crippen molar-refractivity contribution in [3.63, 3.8) is 0 Å². The topological polar surface area (TPSA) is 80.3 Å². The van der Waals surface area contributed by atoms with Gasteiger partial charge in [-0.05, 0) is 18.8 Å². The maximum absolute atomic E-state index is 11.7. The van der Waals surface area contributed by atoms with Crippen molar-refractivity contribution in [1.82, 2.24) is 0 Å². The average molecular weight is 415 g/mol. The van der Waals surface area contributed by atoms with E-state index in [0.29, 0.717) is 6.42 Å². The molecular weight excluding hydrogens is 400 g/mol. The summed E-state index contributed by atoms with van der Waals surface area (Å²) in [6.07, 6.45) is -3.12. The maximum Gasteiger partial charge on any atom is 2.00 e. The molecule has 0 saturated carbocycles.